The number of carbonyl (C=O) groups is 2. The summed E-state index contributed by atoms with van der Waals surface area (Å²) in [4.78, 5) is 27.1. The smallest absolute Gasteiger partial charge is 0.406 e. The van der Waals surface area contributed by atoms with E-state index in [0.717, 1.165) is 6.07 Å². The molecule has 11 heteroatoms. The molecule has 2 N–H and O–H groups in total. The van der Waals surface area contributed by atoms with E-state index in [1.165, 1.54) is 35.2 Å². The Hall–Kier alpha value is -3.79. The third kappa shape index (κ3) is 4.37. The fourth-order valence-corrected chi connectivity index (χ4v) is 4.61. The lowest BCUT2D eigenvalue weighted by atomic mass is 9.96. The van der Waals surface area contributed by atoms with Crippen molar-refractivity contribution in [1.82, 2.24) is 5.32 Å². The van der Waals surface area contributed by atoms with Crippen LogP contribution in [-0.4, -0.2) is 24.8 Å². The first kappa shape index (κ1) is 23.0. The molecule has 3 aromatic rings. The van der Waals surface area contributed by atoms with Gasteiger partial charge in [-0.3, -0.25) is 9.69 Å². The van der Waals surface area contributed by atoms with Crippen LogP contribution in [0.5, 0.6) is 5.75 Å². The van der Waals surface area contributed by atoms with E-state index in [4.69, 9.17) is 11.6 Å². The topological polar surface area (TPSA) is 70.7 Å². The summed E-state index contributed by atoms with van der Waals surface area (Å²) in [6.45, 7) is 0.238. The number of fused-ring (bicyclic) bond motifs is 2. The fraction of sp³-hybridized carbons (Fsp3) is 0.167. The number of nitrogens with zero attached hydrogens (tertiary/aromatic N) is 1. The Kier molecular flexibility index (Phi) is 5.55. The number of hydrogen-bond acceptors (Lipinski definition) is 3. The average molecular weight is 506 g/mol. The number of alkyl halides is 3. The lowest BCUT2D eigenvalue weighted by Crippen LogP contribution is -2.34. The molecule has 0 aromatic heterocycles. The summed E-state index contributed by atoms with van der Waals surface area (Å²) in [5.74, 6) is -1.40. The van der Waals surface area contributed by atoms with E-state index in [1.807, 2.05) is 0 Å². The van der Waals surface area contributed by atoms with Crippen molar-refractivity contribution in [2.75, 3.05) is 16.8 Å². The molecular weight excluding hydrogens is 490 g/mol. The summed E-state index contributed by atoms with van der Waals surface area (Å²) < 4.78 is 55.9. The highest BCUT2D eigenvalue weighted by atomic mass is 35.5. The van der Waals surface area contributed by atoms with Crippen LogP contribution in [-0.2, 0) is 6.42 Å². The summed E-state index contributed by atoms with van der Waals surface area (Å²) in [6.07, 6.45) is -4.42. The van der Waals surface area contributed by atoms with Gasteiger partial charge in [-0.1, -0.05) is 23.7 Å². The summed E-state index contributed by atoms with van der Waals surface area (Å²) in [5.41, 5.74) is 2.28. The normalized spacial score (nSPS) is 16.5. The SMILES string of the molecule is O=C1NC(c2cc(F)ccc2Cl)c2c(NC(=O)N3CCc4ccc(OC(F)(F)F)cc43)cccc21. The molecular formula is C24H16ClF4N3O3. The molecule has 0 saturated carbocycles. The molecule has 35 heavy (non-hydrogen) atoms. The molecule has 0 saturated heterocycles. The number of amides is 3. The van der Waals surface area contributed by atoms with Crippen LogP contribution in [0, 0.1) is 5.82 Å². The van der Waals surface area contributed by atoms with E-state index in [2.05, 4.69) is 15.4 Å². The van der Waals surface area contributed by atoms with Crippen molar-refractivity contribution in [1.29, 1.82) is 0 Å². The van der Waals surface area contributed by atoms with Crippen LogP contribution < -0.4 is 20.3 Å². The third-order valence-electron chi connectivity index (χ3n) is 5.86. The Morgan fingerprint density at radius 1 is 1.14 bits per heavy atom. The standard InChI is InChI=1S/C24H16ClF4N3O3/c25-17-7-5-13(26)10-16(17)21-20-15(22(33)31-21)2-1-3-18(20)30-23(34)32-9-8-12-4-6-14(11-19(12)32)35-24(27,28)29/h1-7,10-11,21H,8-9H2,(H,30,34)(H,31,33). The first-order valence-electron chi connectivity index (χ1n) is 10.5. The Morgan fingerprint density at radius 2 is 1.94 bits per heavy atom. The number of nitrogens with one attached hydrogen (secondary N) is 2. The van der Waals surface area contributed by atoms with Gasteiger partial charge in [0.05, 0.1) is 11.7 Å². The average Bonchev–Trinajstić information content (AvgIpc) is 3.36. The molecule has 0 aliphatic carbocycles. The first-order chi connectivity index (χ1) is 16.6. The minimum absolute atomic E-state index is 0.233. The van der Waals surface area contributed by atoms with Crippen molar-refractivity contribution in [2.24, 2.45) is 0 Å². The van der Waals surface area contributed by atoms with Crippen LogP contribution in [0.2, 0.25) is 5.02 Å². The number of hydrogen-bond donors (Lipinski definition) is 2. The number of anilines is 2. The lowest BCUT2D eigenvalue weighted by molar-refractivity contribution is -0.274. The predicted octanol–water partition coefficient (Wildman–Crippen LogP) is 5.81. The summed E-state index contributed by atoms with van der Waals surface area (Å²) >= 11 is 6.26. The van der Waals surface area contributed by atoms with Gasteiger partial charge in [-0.2, -0.15) is 0 Å². The molecule has 1 atom stereocenters. The molecule has 0 radical (unpaired) electrons. The molecule has 2 heterocycles. The number of urea groups is 1. The maximum Gasteiger partial charge on any atom is 0.573 e. The molecule has 2 aliphatic heterocycles. The number of carbonyl (C=O) groups excluding carboxylic acids is 2. The molecule has 3 amide bonds. The predicted molar refractivity (Wildman–Crippen MR) is 120 cm³/mol. The second-order valence-electron chi connectivity index (χ2n) is 8.01. The Labute approximate surface area is 201 Å². The van der Waals surface area contributed by atoms with Crippen LogP contribution in [0.4, 0.5) is 33.7 Å². The molecule has 5 rings (SSSR count). The second-order valence-corrected chi connectivity index (χ2v) is 8.42. The molecule has 0 fully saturated rings. The van der Waals surface area contributed by atoms with Crippen LogP contribution in [0.25, 0.3) is 0 Å². The largest absolute Gasteiger partial charge is 0.573 e. The monoisotopic (exact) mass is 505 g/mol. The molecule has 0 spiro atoms. The van der Waals surface area contributed by atoms with Crippen molar-refractivity contribution in [2.45, 2.75) is 18.8 Å². The highest BCUT2D eigenvalue weighted by molar-refractivity contribution is 6.31. The van der Waals surface area contributed by atoms with Crippen molar-refractivity contribution < 1.29 is 31.9 Å². The molecule has 3 aromatic carbocycles. The summed E-state index contributed by atoms with van der Waals surface area (Å²) in [6, 6.07) is 10.9. The molecule has 0 bridgehead atoms. The van der Waals surface area contributed by atoms with Gasteiger partial charge < -0.3 is 15.4 Å². The zero-order valence-corrected chi connectivity index (χ0v) is 18.5. The highest BCUT2D eigenvalue weighted by Crippen LogP contribution is 2.40. The van der Waals surface area contributed by atoms with Gasteiger partial charge in [0.15, 0.2) is 0 Å². The number of halogens is 5. The highest BCUT2D eigenvalue weighted by Gasteiger charge is 2.35. The quantitative estimate of drug-likeness (QED) is 0.442. The van der Waals surface area contributed by atoms with Crippen LogP contribution in [0.15, 0.2) is 54.6 Å². The van der Waals surface area contributed by atoms with Gasteiger partial charge in [-0.05, 0) is 48.4 Å². The second kappa shape index (κ2) is 8.46. The van der Waals surface area contributed by atoms with Crippen molar-refractivity contribution in [3.63, 3.8) is 0 Å². The van der Waals surface area contributed by atoms with E-state index >= 15 is 0 Å². The summed E-state index contributed by atoms with van der Waals surface area (Å²) in [5, 5.41) is 5.73. The minimum atomic E-state index is -4.86. The molecule has 6 nitrogen and oxygen atoms in total. The van der Waals surface area contributed by atoms with E-state index in [0.29, 0.717) is 23.1 Å². The Balaban J connectivity index is 1.47. The van der Waals surface area contributed by atoms with E-state index in [9.17, 15) is 27.2 Å². The minimum Gasteiger partial charge on any atom is -0.406 e. The van der Waals surface area contributed by atoms with E-state index in [-0.39, 0.29) is 28.5 Å². The van der Waals surface area contributed by atoms with Gasteiger partial charge >= 0.3 is 12.4 Å². The molecule has 180 valence electrons. The van der Waals surface area contributed by atoms with Gasteiger partial charge in [-0.25, -0.2) is 9.18 Å². The molecule has 2 aliphatic rings. The lowest BCUT2D eigenvalue weighted by Gasteiger charge is -2.22. The fourth-order valence-electron chi connectivity index (χ4n) is 4.38. The number of benzene rings is 3. The zero-order valence-electron chi connectivity index (χ0n) is 17.7. The van der Waals surface area contributed by atoms with Gasteiger partial charge in [0.1, 0.15) is 11.6 Å². The van der Waals surface area contributed by atoms with Gasteiger partial charge in [0, 0.05) is 40.0 Å². The Morgan fingerprint density at radius 3 is 2.71 bits per heavy atom. The maximum absolute atomic E-state index is 13.9. The van der Waals surface area contributed by atoms with Gasteiger partial charge in [-0.15, -0.1) is 13.2 Å². The number of ether oxygens (including phenoxy) is 1. The summed E-state index contributed by atoms with van der Waals surface area (Å²) in [7, 11) is 0. The Bertz CT molecular complexity index is 1360. The molecule has 1 unspecified atom stereocenters. The van der Waals surface area contributed by atoms with Gasteiger partial charge in [0.25, 0.3) is 5.91 Å². The third-order valence-corrected chi connectivity index (χ3v) is 6.20. The van der Waals surface area contributed by atoms with Crippen molar-refractivity contribution >= 4 is 34.9 Å². The zero-order chi connectivity index (χ0) is 24.9. The van der Waals surface area contributed by atoms with E-state index in [1.54, 1.807) is 18.2 Å². The van der Waals surface area contributed by atoms with Crippen LogP contribution in [0.3, 0.4) is 0 Å². The van der Waals surface area contributed by atoms with E-state index < -0.39 is 35.9 Å². The van der Waals surface area contributed by atoms with Crippen LogP contribution in [0.1, 0.15) is 33.1 Å². The number of rotatable bonds is 3. The van der Waals surface area contributed by atoms with Crippen LogP contribution >= 0.6 is 11.6 Å². The van der Waals surface area contributed by atoms with Crippen molar-refractivity contribution in [3.8, 4) is 5.75 Å². The van der Waals surface area contributed by atoms with Gasteiger partial charge in [0.2, 0.25) is 0 Å². The maximum atomic E-state index is 13.9. The first-order valence-corrected chi connectivity index (χ1v) is 10.8. The van der Waals surface area contributed by atoms with Crippen molar-refractivity contribution in [3.05, 3.63) is 87.7 Å².